The molecule has 78 valence electrons. The number of benzene rings is 1. The average molecular weight is 277 g/mol. The Bertz CT molecular complexity index is 312. The highest BCUT2D eigenvalue weighted by molar-refractivity contribution is 9.10. The van der Waals surface area contributed by atoms with Crippen molar-refractivity contribution >= 4 is 28.3 Å². The van der Waals surface area contributed by atoms with Gasteiger partial charge in [-0.2, -0.15) is 0 Å². The van der Waals surface area contributed by atoms with Crippen LogP contribution >= 0.6 is 28.3 Å². The Morgan fingerprint density at radius 3 is 2.71 bits per heavy atom. The van der Waals surface area contributed by atoms with Gasteiger partial charge in [0, 0.05) is 10.5 Å². The van der Waals surface area contributed by atoms with Gasteiger partial charge >= 0.3 is 0 Å². The highest BCUT2D eigenvalue weighted by Gasteiger charge is 2.07. The molecule has 0 heterocycles. The normalized spacial score (nSPS) is 11.6. The molecule has 1 atom stereocenters. The largest absolute Gasteiger partial charge is 0.324 e. The molecule has 0 radical (unpaired) electrons. The summed E-state index contributed by atoms with van der Waals surface area (Å²) in [5.41, 5.74) is 8.34. The van der Waals surface area contributed by atoms with Crippen molar-refractivity contribution in [2.75, 3.05) is 0 Å². The van der Waals surface area contributed by atoms with Gasteiger partial charge in [0.05, 0.1) is 0 Å². The average Bonchev–Trinajstić information content (AvgIpc) is 2.04. The fourth-order valence-corrected chi connectivity index (χ4v) is 2.03. The summed E-state index contributed by atoms with van der Waals surface area (Å²) < 4.78 is 1.09. The minimum Gasteiger partial charge on any atom is -0.324 e. The summed E-state index contributed by atoms with van der Waals surface area (Å²) in [4.78, 5) is 0. The molecule has 3 heteroatoms. The van der Waals surface area contributed by atoms with Crippen molar-refractivity contribution in [2.24, 2.45) is 5.73 Å². The van der Waals surface area contributed by atoms with Gasteiger partial charge in [0.25, 0.3) is 0 Å². The van der Waals surface area contributed by atoms with Crippen LogP contribution in [0.3, 0.4) is 0 Å². The molecule has 0 fully saturated rings. The zero-order valence-electron chi connectivity index (χ0n) is 8.16. The predicted octanol–water partition coefficient (Wildman–Crippen LogP) is 3.76. The van der Waals surface area contributed by atoms with Crippen LogP contribution in [-0.2, 0) is 0 Å². The topological polar surface area (TPSA) is 26.0 Å². The summed E-state index contributed by atoms with van der Waals surface area (Å²) in [6.07, 6.45) is 2.65. The first-order chi connectivity index (χ1) is 6.15. The summed E-state index contributed by atoms with van der Waals surface area (Å²) in [6, 6.07) is 6.27. The van der Waals surface area contributed by atoms with E-state index in [-0.39, 0.29) is 18.4 Å². The molecule has 1 rings (SSSR count). The van der Waals surface area contributed by atoms with E-state index in [1.807, 2.05) is 6.08 Å². The molecule has 0 saturated carbocycles. The van der Waals surface area contributed by atoms with E-state index in [0.29, 0.717) is 0 Å². The summed E-state index contributed by atoms with van der Waals surface area (Å²) in [6.45, 7) is 5.74. The van der Waals surface area contributed by atoms with Gasteiger partial charge in [-0.25, -0.2) is 0 Å². The first-order valence-electron chi connectivity index (χ1n) is 4.27. The number of hydrogen-bond donors (Lipinski definition) is 1. The number of nitrogens with two attached hydrogens (primary N) is 1. The highest BCUT2D eigenvalue weighted by Crippen LogP contribution is 2.25. The summed E-state index contributed by atoms with van der Waals surface area (Å²) in [5.74, 6) is 0. The van der Waals surface area contributed by atoms with Crippen LogP contribution in [0, 0.1) is 6.92 Å². The Kier molecular flexibility index (Phi) is 6.09. The second-order valence-corrected chi connectivity index (χ2v) is 4.01. The van der Waals surface area contributed by atoms with Gasteiger partial charge in [-0.05, 0) is 30.5 Å². The maximum atomic E-state index is 5.96. The SMILES string of the molecule is C=CC[C@H](N)c1ccc(C)cc1Br.Cl. The van der Waals surface area contributed by atoms with Crippen LogP contribution in [0.15, 0.2) is 35.3 Å². The zero-order valence-corrected chi connectivity index (χ0v) is 10.6. The second kappa shape index (κ2) is 6.23. The Labute approximate surface area is 99.9 Å². The van der Waals surface area contributed by atoms with E-state index in [2.05, 4.69) is 47.6 Å². The van der Waals surface area contributed by atoms with Gasteiger partial charge in [-0.15, -0.1) is 19.0 Å². The molecular weight excluding hydrogens is 261 g/mol. The molecule has 0 aliphatic carbocycles. The standard InChI is InChI=1S/C11H14BrN.ClH/c1-3-4-11(13)9-6-5-8(2)7-10(9)12;/h3,5-7,11H,1,4,13H2,2H3;1H/t11-;/m0./s1. The Balaban J connectivity index is 0.00000169. The third-order valence-electron chi connectivity index (χ3n) is 1.98. The van der Waals surface area contributed by atoms with Crippen molar-refractivity contribution in [1.29, 1.82) is 0 Å². The van der Waals surface area contributed by atoms with Crippen LogP contribution in [-0.4, -0.2) is 0 Å². The van der Waals surface area contributed by atoms with Crippen LogP contribution < -0.4 is 5.73 Å². The van der Waals surface area contributed by atoms with Crippen molar-refractivity contribution in [3.63, 3.8) is 0 Å². The Morgan fingerprint density at radius 1 is 1.57 bits per heavy atom. The highest BCUT2D eigenvalue weighted by atomic mass is 79.9. The molecule has 0 aliphatic heterocycles. The Hall–Kier alpha value is -0.310. The quantitative estimate of drug-likeness (QED) is 0.836. The van der Waals surface area contributed by atoms with E-state index in [4.69, 9.17) is 5.73 Å². The van der Waals surface area contributed by atoms with Crippen molar-refractivity contribution in [1.82, 2.24) is 0 Å². The van der Waals surface area contributed by atoms with Gasteiger partial charge in [-0.3, -0.25) is 0 Å². The number of rotatable bonds is 3. The molecule has 1 nitrogen and oxygen atoms in total. The molecule has 1 aromatic rings. The van der Waals surface area contributed by atoms with Gasteiger partial charge < -0.3 is 5.73 Å². The van der Waals surface area contributed by atoms with Crippen LogP contribution in [0.4, 0.5) is 0 Å². The minimum absolute atomic E-state index is 0. The molecule has 0 bridgehead atoms. The second-order valence-electron chi connectivity index (χ2n) is 3.16. The third kappa shape index (κ3) is 3.45. The minimum atomic E-state index is 0. The third-order valence-corrected chi connectivity index (χ3v) is 2.66. The molecule has 0 unspecified atom stereocenters. The van der Waals surface area contributed by atoms with Gasteiger partial charge in [0.1, 0.15) is 0 Å². The molecular formula is C11H15BrClN. The molecule has 0 aromatic heterocycles. The lowest BCUT2D eigenvalue weighted by Crippen LogP contribution is -2.09. The summed E-state index contributed by atoms with van der Waals surface area (Å²) in [5, 5.41) is 0. The van der Waals surface area contributed by atoms with Crippen LogP contribution in [0.5, 0.6) is 0 Å². The van der Waals surface area contributed by atoms with E-state index in [1.165, 1.54) is 5.56 Å². The first kappa shape index (κ1) is 13.7. The van der Waals surface area contributed by atoms with Crippen molar-refractivity contribution in [3.05, 3.63) is 46.5 Å². The first-order valence-corrected chi connectivity index (χ1v) is 5.07. The van der Waals surface area contributed by atoms with Crippen LogP contribution in [0.25, 0.3) is 0 Å². The van der Waals surface area contributed by atoms with Crippen LogP contribution in [0.2, 0.25) is 0 Å². The smallest absolute Gasteiger partial charge is 0.0340 e. The number of halogens is 2. The molecule has 2 N–H and O–H groups in total. The van der Waals surface area contributed by atoms with Gasteiger partial charge in [0.2, 0.25) is 0 Å². The van der Waals surface area contributed by atoms with Crippen molar-refractivity contribution in [2.45, 2.75) is 19.4 Å². The molecule has 1 aromatic carbocycles. The summed E-state index contributed by atoms with van der Waals surface area (Å²) >= 11 is 3.50. The number of hydrogen-bond acceptors (Lipinski definition) is 1. The van der Waals surface area contributed by atoms with Crippen molar-refractivity contribution < 1.29 is 0 Å². The maximum absolute atomic E-state index is 5.96. The Morgan fingerprint density at radius 2 is 2.21 bits per heavy atom. The van der Waals surface area contributed by atoms with E-state index in [1.54, 1.807) is 0 Å². The molecule has 0 aliphatic rings. The van der Waals surface area contributed by atoms with E-state index in [9.17, 15) is 0 Å². The fourth-order valence-electron chi connectivity index (χ4n) is 1.24. The summed E-state index contributed by atoms with van der Waals surface area (Å²) in [7, 11) is 0. The lowest BCUT2D eigenvalue weighted by Gasteiger charge is -2.11. The maximum Gasteiger partial charge on any atom is 0.0340 e. The number of aryl methyl sites for hydroxylation is 1. The molecule has 0 amide bonds. The fraction of sp³-hybridized carbons (Fsp3) is 0.273. The molecule has 14 heavy (non-hydrogen) atoms. The van der Waals surface area contributed by atoms with Crippen LogP contribution in [0.1, 0.15) is 23.6 Å². The lowest BCUT2D eigenvalue weighted by atomic mass is 10.0. The lowest BCUT2D eigenvalue weighted by molar-refractivity contribution is 0.737. The molecule has 0 saturated heterocycles. The van der Waals surface area contributed by atoms with E-state index < -0.39 is 0 Å². The van der Waals surface area contributed by atoms with Crippen molar-refractivity contribution in [3.8, 4) is 0 Å². The van der Waals surface area contributed by atoms with E-state index >= 15 is 0 Å². The van der Waals surface area contributed by atoms with Gasteiger partial charge in [0.15, 0.2) is 0 Å². The predicted molar refractivity (Wildman–Crippen MR) is 67.9 cm³/mol. The van der Waals surface area contributed by atoms with E-state index in [0.717, 1.165) is 16.5 Å². The molecule has 0 spiro atoms. The monoisotopic (exact) mass is 275 g/mol. The van der Waals surface area contributed by atoms with Gasteiger partial charge in [-0.1, -0.05) is 34.1 Å². The zero-order chi connectivity index (χ0) is 9.84.